The molecule has 0 saturated heterocycles. The minimum atomic E-state index is 0.127. The van der Waals surface area contributed by atoms with Crippen molar-refractivity contribution in [2.45, 2.75) is 46.3 Å². The number of aryl methyl sites for hydroxylation is 1. The first-order valence-electron chi connectivity index (χ1n) is 6.93. The van der Waals surface area contributed by atoms with E-state index in [9.17, 15) is 0 Å². The molecule has 1 aromatic carbocycles. The quantitative estimate of drug-likeness (QED) is 0.847. The molecule has 2 N–H and O–H groups in total. The van der Waals surface area contributed by atoms with Gasteiger partial charge in [-0.3, -0.25) is 0 Å². The average molecular weight is 274 g/mol. The predicted molar refractivity (Wildman–Crippen MR) is 79.5 cm³/mol. The minimum Gasteiger partial charge on any atom is -0.407 e. The number of anilines is 1. The summed E-state index contributed by atoms with van der Waals surface area (Å²) in [4.78, 5) is 0. The van der Waals surface area contributed by atoms with Crippen LogP contribution in [0.5, 0.6) is 0 Å². The van der Waals surface area contributed by atoms with Gasteiger partial charge in [0, 0.05) is 6.04 Å². The molecule has 0 aliphatic heterocycles. The van der Waals surface area contributed by atoms with E-state index < -0.39 is 0 Å². The van der Waals surface area contributed by atoms with Crippen LogP contribution < -0.4 is 10.6 Å². The fourth-order valence-corrected chi connectivity index (χ4v) is 1.80. The van der Waals surface area contributed by atoms with Crippen molar-refractivity contribution >= 4 is 6.01 Å². The lowest BCUT2D eigenvalue weighted by Crippen LogP contribution is -2.21. The maximum Gasteiger partial charge on any atom is 0.315 e. The van der Waals surface area contributed by atoms with Gasteiger partial charge < -0.3 is 15.1 Å². The third-order valence-corrected chi connectivity index (χ3v) is 3.05. The number of hydrogen-bond acceptors (Lipinski definition) is 5. The molecule has 0 amide bonds. The van der Waals surface area contributed by atoms with Gasteiger partial charge >= 0.3 is 6.01 Å². The van der Waals surface area contributed by atoms with Gasteiger partial charge in [-0.2, -0.15) is 0 Å². The molecule has 108 valence electrons. The number of nitrogens with zero attached hydrogens (tertiary/aromatic N) is 2. The van der Waals surface area contributed by atoms with E-state index in [1.807, 2.05) is 0 Å². The van der Waals surface area contributed by atoms with Gasteiger partial charge in [-0.15, -0.1) is 5.10 Å². The second-order valence-corrected chi connectivity index (χ2v) is 5.31. The van der Waals surface area contributed by atoms with Gasteiger partial charge in [0.2, 0.25) is 5.89 Å². The van der Waals surface area contributed by atoms with Crippen molar-refractivity contribution in [2.75, 3.05) is 5.32 Å². The molecule has 1 heterocycles. The highest BCUT2D eigenvalue weighted by Crippen LogP contribution is 2.18. The van der Waals surface area contributed by atoms with E-state index in [1.54, 1.807) is 0 Å². The summed E-state index contributed by atoms with van der Waals surface area (Å²) < 4.78 is 5.55. The fraction of sp³-hybridized carbons (Fsp3) is 0.467. The Labute approximate surface area is 119 Å². The van der Waals surface area contributed by atoms with Crippen molar-refractivity contribution in [1.29, 1.82) is 0 Å². The molecule has 2 rings (SSSR count). The van der Waals surface area contributed by atoms with Gasteiger partial charge in [0.05, 0.1) is 12.6 Å². The van der Waals surface area contributed by atoms with Crippen molar-refractivity contribution in [1.82, 2.24) is 15.5 Å². The topological polar surface area (TPSA) is 63.0 Å². The standard InChI is InChI=1S/C15H22N4O/c1-10(2)16-9-14-18-19-15(20-14)17-12(4)13-7-5-11(3)6-8-13/h5-8,10,12,16H,9H2,1-4H3,(H,17,19). The molecule has 0 saturated carbocycles. The van der Waals surface area contributed by atoms with Crippen molar-refractivity contribution < 1.29 is 4.42 Å². The Morgan fingerprint density at radius 1 is 1.10 bits per heavy atom. The maximum absolute atomic E-state index is 5.55. The molecular weight excluding hydrogens is 252 g/mol. The van der Waals surface area contributed by atoms with Gasteiger partial charge in [0.1, 0.15) is 0 Å². The molecule has 0 aliphatic rings. The number of hydrogen-bond donors (Lipinski definition) is 2. The number of aromatic nitrogens is 2. The Kier molecular flexibility index (Phi) is 4.74. The molecule has 0 fully saturated rings. The zero-order chi connectivity index (χ0) is 14.5. The van der Waals surface area contributed by atoms with Crippen LogP contribution in [0.15, 0.2) is 28.7 Å². The van der Waals surface area contributed by atoms with Crippen LogP contribution >= 0.6 is 0 Å². The van der Waals surface area contributed by atoms with Gasteiger partial charge in [-0.05, 0) is 19.4 Å². The number of benzene rings is 1. The summed E-state index contributed by atoms with van der Waals surface area (Å²) in [7, 11) is 0. The SMILES string of the molecule is Cc1ccc(C(C)Nc2nnc(CNC(C)C)o2)cc1. The highest BCUT2D eigenvalue weighted by molar-refractivity contribution is 5.30. The van der Waals surface area contributed by atoms with Crippen LogP contribution in [0.4, 0.5) is 6.01 Å². The third kappa shape index (κ3) is 4.06. The van der Waals surface area contributed by atoms with E-state index in [0.717, 1.165) is 0 Å². The summed E-state index contributed by atoms with van der Waals surface area (Å²) in [6.45, 7) is 8.89. The highest BCUT2D eigenvalue weighted by atomic mass is 16.4. The normalized spacial score (nSPS) is 12.7. The molecule has 0 radical (unpaired) electrons. The number of nitrogens with one attached hydrogen (secondary N) is 2. The molecule has 1 atom stereocenters. The smallest absolute Gasteiger partial charge is 0.315 e. The maximum atomic E-state index is 5.55. The summed E-state index contributed by atoms with van der Waals surface area (Å²) in [5.41, 5.74) is 2.44. The van der Waals surface area contributed by atoms with Crippen LogP contribution in [0.3, 0.4) is 0 Å². The van der Waals surface area contributed by atoms with E-state index >= 15 is 0 Å². The Morgan fingerprint density at radius 2 is 1.80 bits per heavy atom. The minimum absolute atomic E-state index is 0.127. The van der Waals surface area contributed by atoms with Gasteiger partial charge in [0.15, 0.2) is 0 Å². The Balaban J connectivity index is 1.94. The van der Waals surface area contributed by atoms with Crippen LogP contribution in [0.2, 0.25) is 0 Å². The third-order valence-electron chi connectivity index (χ3n) is 3.05. The highest BCUT2D eigenvalue weighted by Gasteiger charge is 2.10. The van der Waals surface area contributed by atoms with Crippen LogP contribution in [0.1, 0.15) is 43.8 Å². The number of rotatable bonds is 6. The first-order chi connectivity index (χ1) is 9.54. The predicted octanol–water partition coefficient (Wildman–Crippen LogP) is 3.05. The zero-order valence-corrected chi connectivity index (χ0v) is 12.5. The van der Waals surface area contributed by atoms with Crippen molar-refractivity contribution in [2.24, 2.45) is 0 Å². The van der Waals surface area contributed by atoms with Crippen LogP contribution in [-0.4, -0.2) is 16.2 Å². The Hall–Kier alpha value is -1.88. The summed E-state index contributed by atoms with van der Waals surface area (Å²) in [5, 5.41) is 14.5. The van der Waals surface area contributed by atoms with Crippen molar-refractivity contribution in [3.05, 3.63) is 41.3 Å². The Morgan fingerprint density at radius 3 is 2.45 bits per heavy atom. The lowest BCUT2D eigenvalue weighted by Gasteiger charge is -2.12. The van der Waals surface area contributed by atoms with E-state index in [2.05, 4.69) is 72.8 Å². The average Bonchev–Trinajstić information content (AvgIpc) is 2.84. The summed E-state index contributed by atoms with van der Waals surface area (Å²) in [5.74, 6) is 0.595. The summed E-state index contributed by atoms with van der Waals surface area (Å²) in [6, 6.07) is 9.37. The van der Waals surface area contributed by atoms with E-state index in [1.165, 1.54) is 11.1 Å². The van der Waals surface area contributed by atoms with Crippen molar-refractivity contribution in [3.8, 4) is 0 Å². The van der Waals surface area contributed by atoms with E-state index in [-0.39, 0.29) is 6.04 Å². The molecule has 2 aromatic rings. The van der Waals surface area contributed by atoms with E-state index in [4.69, 9.17) is 4.42 Å². The van der Waals surface area contributed by atoms with Gasteiger partial charge in [0.25, 0.3) is 0 Å². The van der Waals surface area contributed by atoms with Crippen molar-refractivity contribution in [3.63, 3.8) is 0 Å². The summed E-state index contributed by atoms with van der Waals surface area (Å²) in [6.07, 6.45) is 0. The lowest BCUT2D eigenvalue weighted by molar-refractivity contribution is 0.456. The van der Waals surface area contributed by atoms with Gasteiger partial charge in [-0.1, -0.05) is 48.8 Å². The zero-order valence-electron chi connectivity index (χ0n) is 12.5. The van der Waals surface area contributed by atoms with E-state index in [0.29, 0.717) is 24.5 Å². The molecule has 20 heavy (non-hydrogen) atoms. The van der Waals surface area contributed by atoms with Crippen LogP contribution in [0, 0.1) is 6.92 Å². The molecule has 0 bridgehead atoms. The molecule has 5 nitrogen and oxygen atoms in total. The summed E-state index contributed by atoms with van der Waals surface area (Å²) >= 11 is 0. The van der Waals surface area contributed by atoms with Crippen LogP contribution in [0.25, 0.3) is 0 Å². The molecule has 5 heteroatoms. The molecule has 1 unspecified atom stereocenters. The van der Waals surface area contributed by atoms with Gasteiger partial charge in [-0.25, -0.2) is 0 Å². The largest absolute Gasteiger partial charge is 0.407 e. The fourth-order valence-electron chi connectivity index (χ4n) is 1.80. The Bertz CT molecular complexity index is 533. The molecule has 0 spiro atoms. The second kappa shape index (κ2) is 6.52. The second-order valence-electron chi connectivity index (χ2n) is 5.31. The lowest BCUT2D eigenvalue weighted by atomic mass is 10.1. The monoisotopic (exact) mass is 274 g/mol. The van der Waals surface area contributed by atoms with Crippen LogP contribution in [-0.2, 0) is 6.54 Å². The molecule has 1 aromatic heterocycles. The molecular formula is C15H22N4O. The first-order valence-corrected chi connectivity index (χ1v) is 6.93. The molecule has 0 aliphatic carbocycles. The first kappa shape index (κ1) is 14.5.